The number of anilines is 4. The van der Waals surface area contributed by atoms with Gasteiger partial charge < -0.3 is 69.2 Å². The van der Waals surface area contributed by atoms with E-state index in [1.54, 1.807) is 109 Å². The van der Waals surface area contributed by atoms with Crippen molar-refractivity contribution in [2.75, 3.05) is 192 Å². The second-order valence-corrected chi connectivity index (χ2v) is 42.7. The number of rotatable bonds is 30. The van der Waals surface area contributed by atoms with Crippen LogP contribution in [0.1, 0.15) is 59.5 Å². The average molecular weight is 1640 g/mol. The summed E-state index contributed by atoms with van der Waals surface area (Å²) < 4.78 is 164. The van der Waals surface area contributed by atoms with Gasteiger partial charge in [0.05, 0.1) is 108 Å². The number of nitrogen functional groups attached to an aromatic ring is 4. The van der Waals surface area contributed by atoms with Crippen molar-refractivity contribution >= 4 is 95.0 Å². The van der Waals surface area contributed by atoms with Gasteiger partial charge >= 0.3 is 36.4 Å². The molecule has 8 N–H and O–H groups in total. The number of nitrogens with zero attached hydrogens (tertiary/aromatic N) is 24. The summed E-state index contributed by atoms with van der Waals surface area (Å²) in [6, 6.07) is 1.50. The lowest BCUT2D eigenvalue weighted by atomic mass is 10.2. The Bertz CT molecular complexity index is 4680. The van der Waals surface area contributed by atoms with E-state index in [-0.39, 0.29) is 125 Å². The zero-order valence-electron chi connectivity index (χ0n) is 64.5. The van der Waals surface area contributed by atoms with E-state index in [2.05, 4.69) is 68.6 Å². The van der Waals surface area contributed by atoms with E-state index >= 15 is 18.3 Å². The molecule has 15 unspecified atom stereocenters. The molecule has 608 valence electrons. The Balaban J connectivity index is 0.811. The smallest absolute Gasteiger partial charge is 0.351 e. The number of fused-ring (bicyclic) bond motifs is 3. The molecule has 5 aliphatic heterocycles. The maximum Gasteiger partial charge on any atom is 0.351 e. The molecule has 5 fully saturated rings. The first kappa shape index (κ1) is 83.5. The molecule has 0 aromatic carbocycles. The molecule has 15 atom stereocenters. The minimum atomic E-state index is -4.31. The first-order valence-corrected chi connectivity index (χ1v) is 43.6. The van der Waals surface area contributed by atoms with E-state index in [1.807, 2.05) is 20.8 Å². The third-order valence-corrected chi connectivity index (χ3v) is 32.8. The van der Waals surface area contributed by atoms with E-state index in [9.17, 15) is 9.36 Å². The predicted octanol–water partition coefficient (Wildman–Crippen LogP) is 3.31. The van der Waals surface area contributed by atoms with Crippen molar-refractivity contribution < 1.29 is 69.1 Å². The maximum atomic E-state index is 16.4. The fraction of sp³-hybridized carbons (Fsp3) is 0.689. The van der Waals surface area contributed by atoms with Crippen LogP contribution in [0.15, 0.2) is 55.0 Å². The maximum absolute atomic E-state index is 16.4. The van der Waals surface area contributed by atoms with Gasteiger partial charge in [0.1, 0.15) is 60.0 Å². The summed E-state index contributed by atoms with van der Waals surface area (Å²) in [7, 11) is -3.64. The lowest BCUT2D eigenvalue weighted by Crippen LogP contribution is -2.51. The van der Waals surface area contributed by atoms with E-state index < -0.39 is 112 Å². The van der Waals surface area contributed by atoms with Gasteiger partial charge in [0.15, 0.2) is 40.6 Å². The summed E-state index contributed by atoms with van der Waals surface area (Å²) >= 11 is 0. The molecule has 0 amide bonds. The molecule has 0 spiro atoms. The number of imidazole rings is 3. The fourth-order valence-corrected chi connectivity index (χ4v) is 23.8. The van der Waals surface area contributed by atoms with Crippen LogP contribution in [0.3, 0.4) is 0 Å². The van der Waals surface area contributed by atoms with Crippen LogP contribution in [0.25, 0.3) is 33.5 Å². The molecule has 7 aromatic heterocycles. The van der Waals surface area contributed by atoms with Gasteiger partial charge in [-0.05, 0) is 97.3 Å². The molecule has 5 saturated heterocycles. The number of hydrogen-bond acceptors (Lipinski definition) is 31. The second-order valence-electron chi connectivity index (χ2n) is 29.1. The highest BCUT2D eigenvalue weighted by Crippen LogP contribution is 2.60. The van der Waals surface area contributed by atoms with Crippen molar-refractivity contribution in [2.45, 2.75) is 108 Å². The minimum absolute atomic E-state index is 0.0400. The van der Waals surface area contributed by atoms with Crippen molar-refractivity contribution in [1.29, 1.82) is 0 Å². The monoisotopic (exact) mass is 1640 g/mol. The number of aromatic nitrogens is 14. The summed E-state index contributed by atoms with van der Waals surface area (Å²) in [6.45, 7) is 8.67. The van der Waals surface area contributed by atoms with Gasteiger partial charge in [0.25, 0.3) is 7.52 Å². The normalized spacial score (nSPS) is 27.1. The van der Waals surface area contributed by atoms with Crippen LogP contribution in [0.2, 0.25) is 0 Å². The molecule has 7 aromatic rings. The van der Waals surface area contributed by atoms with Crippen LogP contribution in [-0.2, 0) is 69.1 Å². The largest absolute Gasteiger partial charge is 0.383 e. The molecule has 0 aliphatic carbocycles. The Hall–Kier alpha value is -5.92. The van der Waals surface area contributed by atoms with E-state index in [0.717, 1.165) is 0 Å². The first-order valence-electron chi connectivity index (χ1n) is 35.8. The molecule has 12 rings (SSSR count). The molecule has 0 saturated carbocycles. The molecule has 12 heterocycles. The van der Waals surface area contributed by atoms with Gasteiger partial charge in [-0.1, -0.05) is 13.8 Å². The van der Waals surface area contributed by atoms with Gasteiger partial charge in [-0.3, -0.25) is 46.0 Å². The van der Waals surface area contributed by atoms with Crippen LogP contribution in [0, 0.1) is 0 Å². The summed E-state index contributed by atoms with van der Waals surface area (Å²) in [4.78, 5) is 59.4. The third kappa shape index (κ3) is 17.2. The highest BCUT2D eigenvalue weighted by atomic mass is 31.2. The minimum Gasteiger partial charge on any atom is -0.383 e. The van der Waals surface area contributed by atoms with Gasteiger partial charge in [-0.2, -0.15) is 4.98 Å². The topological polar surface area (TPSA) is 480 Å². The van der Waals surface area contributed by atoms with Gasteiger partial charge in [0, 0.05) is 63.7 Å². The van der Waals surface area contributed by atoms with Crippen LogP contribution in [-0.4, -0.2) is 332 Å². The lowest BCUT2D eigenvalue weighted by Gasteiger charge is -2.46. The Labute approximate surface area is 636 Å². The second kappa shape index (κ2) is 33.9. The van der Waals surface area contributed by atoms with Crippen molar-refractivity contribution in [1.82, 2.24) is 115 Å². The molecule has 44 nitrogen and oxygen atoms in total. The van der Waals surface area contributed by atoms with Crippen molar-refractivity contribution in [3.63, 3.8) is 0 Å². The quantitative estimate of drug-likeness (QED) is 0.0469. The van der Waals surface area contributed by atoms with Gasteiger partial charge in [-0.15, -0.1) is 0 Å². The van der Waals surface area contributed by atoms with E-state index in [1.165, 1.54) is 71.8 Å². The van der Waals surface area contributed by atoms with Crippen molar-refractivity contribution in [2.24, 2.45) is 0 Å². The van der Waals surface area contributed by atoms with Crippen LogP contribution >= 0.6 is 38.2 Å². The number of ether oxygens (including phenoxy) is 5. The molecular formula is C61H103N28O16P5. The number of hydrogen-bond donors (Lipinski definition) is 4. The molecular weight excluding hydrogens is 1540 g/mol. The highest BCUT2D eigenvalue weighted by molar-refractivity contribution is 7.57. The third-order valence-electron chi connectivity index (χ3n) is 19.7. The predicted molar refractivity (Wildman–Crippen MR) is 406 cm³/mol. The Morgan fingerprint density at radius 1 is 0.427 bits per heavy atom. The van der Waals surface area contributed by atoms with Crippen molar-refractivity contribution in [3.8, 4) is 0 Å². The average Bonchev–Trinajstić information content (AvgIpc) is 1.27. The highest BCUT2D eigenvalue weighted by Gasteiger charge is 2.51. The zero-order valence-corrected chi connectivity index (χ0v) is 68.9. The number of nitrogens with two attached hydrogens (primary N) is 4. The summed E-state index contributed by atoms with van der Waals surface area (Å²) in [5, 5.41) is 0. The molecule has 0 radical (unpaired) electrons. The van der Waals surface area contributed by atoms with Crippen LogP contribution < -0.4 is 28.6 Å². The zero-order chi connectivity index (χ0) is 79.3. The SMILES string of the molecule is CC1CN(P(=O)(OCC2CN(P(=O)(OCC3CN(P(=O)(OCC4CN(P(=O)(OCC5CN(C(C)C)CC(n6cnc7c(N)ncnc76)O5)N(C)C)CC(n5cnc6c(N)ncnc65)O4)N(C)C)CC(n4cnc5c(N)ncnc54)O3)N(C)C)CC(n3ccc(N)nc3=O)O2)N(C)C)CC(COP(=O)(C(C)C)N(C)C)O1. The lowest BCUT2D eigenvalue weighted by molar-refractivity contribution is -0.140. The Morgan fingerprint density at radius 3 is 1.09 bits per heavy atom. The van der Waals surface area contributed by atoms with Crippen molar-refractivity contribution in [3.05, 3.63) is 60.7 Å². The first-order chi connectivity index (χ1) is 52.0. The van der Waals surface area contributed by atoms with E-state index in [4.69, 9.17) is 69.2 Å². The Kier molecular flexibility index (Phi) is 25.7. The molecule has 110 heavy (non-hydrogen) atoms. The summed E-state index contributed by atoms with van der Waals surface area (Å²) in [6.07, 6.45) is 1.28. The fourth-order valence-electron chi connectivity index (χ4n) is 13.9. The molecule has 5 aliphatic rings. The standard InChI is InChI=1S/C61H103N28O16P5/c1-39(2)81-19-42(102-48(24-81)87-36-72-52-55(63)66-33-69-58(52)87)29-97-109(94,79(12)13)84-22-45(104-50(26-84)88-37-73-53-56(64)67-34-70-59(53)88)32-100-110(95,80(14)15)85-23-46(105-51(27-85)89-38-74-54-57(65)68-35-71-60(54)89)31-99-108(93,78(10)11)83-21-44(103-49(25-83)86-17-16-47(62)75-61(86)90)30-98-107(92,77(8)9)82-18-41(5)101-43(20-82)28-96-106(91,40(3)4)76(6)7/h16-17,33-46,48-51H,18-32H2,1-15H3,(H2,62,75,90)(H2,63,66,69)(H2,64,67,70)(H2,65,68,71). The number of morpholine rings is 5. The summed E-state index contributed by atoms with van der Waals surface area (Å²) in [5.41, 5.74) is 25.8. The molecule has 0 bridgehead atoms. The Morgan fingerprint density at radius 2 is 0.755 bits per heavy atom. The van der Waals surface area contributed by atoms with E-state index in [0.29, 0.717) is 35.4 Å². The van der Waals surface area contributed by atoms with Crippen LogP contribution in [0.4, 0.5) is 23.3 Å². The van der Waals surface area contributed by atoms with Gasteiger partial charge in [0.2, 0.25) is 0 Å². The van der Waals surface area contributed by atoms with Gasteiger partial charge in [-0.25, -0.2) is 91.7 Å². The van der Waals surface area contributed by atoms with Crippen LogP contribution in [0.5, 0.6) is 0 Å². The molecule has 49 heteroatoms. The summed E-state index contributed by atoms with van der Waals surface area (Å²) in [5.74, 6) is 0.393.